The van der Waals surface area contributed by atoms with Gasteiger partial charge in [0, 0.05) is 23.2 Å². The van der Waals surface area contributed by atoms with Crippen molar-refractivity contribution >= 4 is 5.69 Å². The monoisotopic (exact) mass is 292 g/mol. The second kappa shape index (κ2) is 4.22. The zero-order valence-corrected chi connectivity index (χ0v) is 12.3. The van der Waals surface area contributed by atoms with Crippen molar-refractivity contribution in [3.05, 3.63) is 64.6 Å². The first kappa shape index (κ1) is 12.0. The molecule has 5 heteroatoms. The average Bonchev–Trinajstić information content (AvgIpc) is 3.09. The van der Waals surface area contributed by atoms with E-state index in [0.717, 1.165) is 24.4 Å². The summed E-state index contributed by atoms with van der Waals surface area (Å²) in [6, 6.07) is 15.1. The van der Waals surface area contributed by atoms with Gasteiger partial charge >= 0.3 is 0 Å². The van der Waals surface area contributed by atoms with Crippen LogP contribution >= 0.6 is 0 Å². The summed E-state index contributed by atoms with van der Waals surface area (Å²) in [4.78, 5) is 1.87. The van der Waals surface area contributed by atoms with Crippen molar-refractivity contribution in [1.82, 2.24) is 5.01 Å². The van der Waals surface area contributed by atoms with Crippen LogP contribution in [0.3, 0.4) is 0 Å². The van der Waals surface area contributed by atoms with Crippen molar-refractivity contribution in [3.63, 3.8) is 0 Å². The maximum Gasteiger partial charge on any atom is 0.176 e. The predicted octanol–water partition coefficient (Wildman–Crippen LogP) is 3.66. The lowest BCUT2D eigenvalue weighted by Gasteiger charge is -2.29. The highest BCUT2D eigenvalue weighted by molar-refractivity contribution is 5.60. The van der Waals surface area contributed by atoms with Crippen LogP contribution in [0.5, 0.6) is 5.75 Å². The summed E-state index contributed by atoms with van der Waals surface area (Å²) in [5.74, 6) is 0.873. The van der Waals surface area contributed by atoms with E-state index in [1.165, 1.54) is 16.7 Å². The molecule has 0 aromatic heterocycles. The number of hydrogen-bond donors (Lipinski definition) is 0. The topological polar surface area (TPSA) is 41.9 Å². The largest absolute Gasteiger partial charge is 0.497 e. The molecule has 22 heavy (non-hydrogen) atoms. The lowest BCUT2D eigenvalue weighted by molar-refractivity contribution is -0.568. The average molecular weight is 292 g/mol. The summed E-state index contributed by atoms with van der Waals surface area (Å²) in [5, 5.41) is 6.88. The minimum Gasteiger partial charge on any atom is -0.497 e. The van der Waals surface area contributed by atoms with Crippen LogP contribution in [0.15, 0.2) is 47.7 Å². The molecule has 3 aliphatic rings. The fourth-order valence-corrected chi connectivity index (χ4v) is 3.79. The molecule has 0 radical (unpaired) electrons. The van der Waals surface area contributed by atoms with Crippen molar-refractivity contribution in [2.75, 3.05) is 13.7 Å². The van der Waals surface area contributed by atoms with Gasteiger partial charge in [-0.1, -0.05) is 30.3 Å². The lowest BCUT2D eigenvalue weighted by Crippen LogP contribution is -2.31. The van der Waals surface area contributed by atoms with E-state index in [4.69, 9.17) is 9.96 Å². The van der Waals surface area contributed by atoms with Gasteiger partial charge in [-0.3, -0.25) is 5.43 Å². The Morgan fingerprint density at radius 1 is 1.23 bits per heavy atom. The fraction of sp³-hybridized carbons (Fsp3) is 0.294. The number of ether oxygens (including phenoxy) is 1. The highest BCUT2D eigenvalue weighted by Gasteiger charge is 2.47. The molecule has 0 saturated heterocycles. The fourth-order valence-electron chi connectivity index (χ4n) is 3.79. The molecule has 3 aliphatic heterocycles. The summed E-state index contributed by atoms with van der Waals surface area (Å²) in [6.07, 6.45) is 1.04. The first-order chi connectivity index (χ1) is 10.8. The minimum atomic E-state index is 0.145. The Balaban J connectivity index is 1.66. The van der Waals surface area contributed by atoms with E-state index in [2.05, 4.69) is 40.8 Å². The van der Waals surface area contributed by atoms with Gasteiger partial charge in [0.15, 0.2) is 12.1 Å². The van der Waals surface area contributed by atoms with Gasteiger partial charge in [-0.05, 0) is 17.7 Å². The summed E-state index contributed by atoms with van der Waals surface area (Å²) in [7, 11) is 1.70. The third-order valence-electron chi connectivity index (χ3n) is 4.82. The maximum atomic E-state index is 5.39. The smallest absolute Gasteiger partial charge is 0.176 e. The normalized spacial score (nSPS) is 23.9. The molecule has 0 aliphatic carbocycles. The van der Waals surface area contributed by atoms with Crippen LogP contribution in [0.4, 0.5) is 5.69 Å². The van der Waals surface area contributed by atoms with Crippen molar-refractivity contribution in [1.29, 1.82) is 0 Å². The molecule has 0 N–H and O–H groups in total. The summed E-state index contributed by atoms with van der Waals surface area (Å²) in [5.41, 5.74) is 9.65. The third-order valence-corrected chi connectivity index (χ3v) is 4.82. The maximum absolute atomic E-state index is 5.39. The van der Waals surface area contributed by atoms with Gasteiger partial charge in [0.1, 0.15) is 5.75 Å². The zero-order chi connectivity index (χ0) is 14.7. The highest BCUT2D eigenvalue weighted by Crippen LogP contribution is 2.54. The third kappa shape index (κ3) is 1.48. The lowest BCUT2D eigenvalue weighted by atomic mass is 9.87. The Morgan fingerprint density at radius 2 is 2.14 bits per heavy atom. The Bertz CT molecular complexity index is 801. The Labute approximate surface area is 128 Å². The van der Waals surface area contributed by atoms with Crippen LogP contribution in [0.25, 0.3) is 5.43 Å². The molecule has 5 rings (SSSR count). The van der Waals surface area contributed by atoms with Crippen molar-refractivity contribution in [2.24, 2.45) is 5.22 Å². The first-order valence-electron chi connectivity index (χ1n) is 7.60. The predicted molar refractivity (Wildman–Crippen MR) is 81.0 cm³/mol. The van der Waals surface area contributed by atoms with E-state index < -0.39 is 0 Å². The molecule has 0 saturated carbocycles. The van der Waals surface area contributed by atoms with Crippen LogP contribution in [0, 0.1) is 0 Å². The van der Waals surface area contributed by atoms with Gasteiger partial charge in [0.25, 0.3) is 0 Å². The molecule has 2 unspecified atom stereocenters. The van der Waals surface area contributed by atoms with Crippen LogP contribution in [-0.2, 0) is 6.42 Å². The molecular formula is C17H16N4O. The van der Waals surface area contributed by atoms with Gasteiger partial charge in [0.2, 0.25) is 0 Å². The number of fused-ring (bicyclic) bond motifs is 7. The van der Waals surface area contributed by atoms with Gasteiger partial charge in [-0.25, -0.2) is 9.82 Å². The summed E-state index contributed by atoms with van der Waals surface area (Å²) in [6.45, 7) is 0.948. The summed E-state index contributed by atoms with van der Waals surface area (Å²) < 4.78 is 5.39. The molecule has 0 spiro atoms. The SMILES string of the molecule is COc1ccc2c(c1)C1C3c4ccccc4CCN3N=[N+]1[N-]2. The molecule has 2 aromatic carbocycles. The molecule has 0 bridgehead atoms. The van der Waals surface area contributed by atoms with Gasteiger partial charge < -0.3 is 4.74 Å². The second-order valence-corrected chi connectivity index (χ2v) is 5.94. The number of hydrogen-bond acceptors (Lipinski definition) is 3. The van der Waals surface area contributed by atoms with E-state index in [-0.39, 0.29) is 12.1 Å². The Hall–Kier alpha value is -2.56. The standard InChI is InChI=1S/C17H16N4O/c1-22-12-6-7-15-14(10-12)17-16-13-5-3-2-4-11(13)8-9-20(16)19-21(17)18-15/h2-7,10,16-17H,8-9H2,1H3. The number of methoxy groups -OCH3 is 1. The quantitative estimate of drug-likeness (QED) is 0.753. The molecule has 110 valence electrons. The first-order valence-corrected chi connectivity index (χ1v) is 7.60. The summed E-state index contributed by atoms with van der Waals surface area (Å²) >= 11 is 0. The van der Waals surface area contributed by atoms with E-state index in [1.54, 1.807) is 7.11 Å². The zero-order valence-electron chi connectivity index (χ0n) is 12.3. The molecule has 2 aromatic rings. The Morgan fingerprint density at radius 3 is 3.05 bits per heavy atom. The van der Waals surface area contributed by atoms with Crippen LogP contribution < -0.4 is 4.74 Å². The van der Waals surface area contributed by atoms with Gasteiger partial charge in [-0.2, -0.15) is 0 Å². The molecule has 5 nitrogen and oxygen atoms in total. The molecule has 3 heterocycles. The van der Waals surface area contributed by atoms with Crippen molar-refractivity contribution in [3.8, 4) is 5.75 Å². The number of benzene rings is 2. The number of rotatable bonds is 1. The number of nitrogens with zero attached hydrogens (tertiary/aromatic N) is 4. The van der Waals surface area contributed by atoms with Gasteiger partial charge in [0.05, 0.1) is 13.7 Å². The molecular weight excluding hydrogens is 276 g/mol. The van der Waals surface area contributed by atoms with Crippen molar-refractivity contribution < 1.29 is 9.54 Å². The molecule has 2 atom stereocenters. The van der Waals surface area contributed by atoms with Crippen molar-refractivity contribution in [2.45, 2.75) is 18.5 Å². The second-order valence-electron chi connectivity index (χ2n) is 5.94. The molecule has 0 fully saturated rings. The van der Waals surface area contributed by atoms with Gasteiger partial charge in [-0.15, -0.1) is 5.22 Å². The minimum absolute atomic E-state index is 0.145. The van der Waals surface area contributed by atoms with Crippen LogP contribution in [0.2, 0.25) is 0 Å². The van der Waals surface area contributed by atoms with E-state index >= 15 is 0 Å². The molecule has 0 amide bonds. The van der Waals surface area contributed by atoms with E-state index in [9.17, 15) is 0 Å². The Kier molecular flexibility index (Phi) is 2.31. The highest BCUT2D eigenvalue weighted by atomic mass is 16.5. The van der Waals surface area contributed by atoms with E-state index in [0.29, 0.717) is 0 Å². The van der Waals surface area contributed by atoms with E-state index in [1.807, 2.05) is 16.9 Å². The van der Waals surface area contributed by atoms with Crippen LogP contribution in [-0.4, -0.2) is 23.5 Å². The van der Waals surface area contributed by atoms with Crippen LogP contribution in [0.1, 0.15) is 28.8 Å².